The van der Waals surface area contributed by atoms with Crippen molar-refractivity contribution in [3.05, 3.63) is 52.8 Å². The maximum Gasteiger partial charge on any atom is 0.251 e. The maximum absolute atomic E-state index is 12.4. The molecule has 1 saturated heterocycles. The predicted molar refractivity (Wildman–Crippen MR) is 96.4 cm³/mol. The Hall–Kier alpha value is -2.15. The fourth-order valence-corrected chi connectivity index (χ4v) is 5.32. The molecular weight excluding hydrogens is 338 g/mol. The van der Waals surface area contributed by atoms with E-state index in [0.717, 1.165) is 17.0 Å². The number of hydrogen-bond donors (Lipinski definition) is 1. The molecule has 1 N–H and O–H groups in total. The molecule has 1 amide bonds. The SMILES string of the molecule is Cc1cc(C)n(Cc2ccc(C(=O)N[C@@]3(C)CCS(=O)(=O)C3)cc2)n1. The molecule has 134 valence electrons. The quantitative estimate of drug-likeness (QED) is 0.901. The number of amides is 1. The van der Waals surface area contributed by atoms with Crippen LogP contribution < -0.4 is 5.32 Å². The molecule has 0 aliphatic carbocycles. The number of rotatable bonds is 4. The summed E-state index contributed by atoms with van der Waals surface area (Å²) in [6, 6.07) is 9.36. The van der Waals surface area contributed by atoms with Crippen LogP contribution in [0.2, 0.25) is 0 Å². The van der Waals surface area contributed by atoms with Gasteiger partial charge in [0.15, 0.2) is 9.84 Å². The van der Waals surface area contributed by atoms with E-state index >= 15 is 0 Å². The predicted octanol–water partition coefficient (Wildman–Crippen LogP) is 1.86. The molecule has 0 radical (unpaired) electrons. The normalized spacial score (nSPS) is 22.0. The summed E-state index contributed by atoms with van der Waals surface area (Å²) in [6.45, 7) is 6.41. The van der Waals surface area contributed by atoms with Crippen LogP contribution in [-0.2, 0) is 16.4 Å². The van der Waals surface area contributed by atoms with Crippen LogP contribution in [0.15, 0.2) is 30.3 Å². The molecule has 1 aromatic carbocycles. The lowest BCUT2D eigenvalue weighted by molar-refractivity contribution is 0.0915. The molecule has 2 aromatic rings. The fourth-order valence-electron chi connectivity index (χ4n) is 3.22. The molecule has 1 aliphatic rings. The summed E-state index contributed by atoms with van der Waals surface area (Å²) in [5, 5.41) is 7.31. The molecule has 0 spiro atoms. The molecule has 2 heterocycles. The Kier molecular flexibility index (Phi) is 4.45. The Labute approximate surface area is 148 Å². The summed E-state index contributed by atoms with van der Waals surface area (Å²) < 4.78 is 25.2. The highest BCUT2D eigenvalue weighted by Crippen LogP contribution is 2.23. The minimum absolute atomic E-state index is 0.00174. The minimum Gasteiger partial charge on any atom is -0.346 e. The van der Waals surface area contributed by atoms with Gasteiger partial charge in [-0.05, 0) is 51.0 Å². The van der Waals surface area contributed by atoms with E-state index in [-0.39, 0.29) is 17.4 Å². The van der Waals surface area contributed by atoms with E-state index in [1.165, 1.54) is 0 Å². The largest absolute Gasteiger partial charge is 0.346 e. The van der Waals surface area contributed by atoms with Gasteiger partial charge >= 0.3 is 0 Å². The highest BCUT2D eigenvalue weighted by atomic mass is 32.2. The first-order valence-corrected chi connectivity index (χ1v) is 10.1. The second-order valence-electron chi connectivity index (χ2n) is 7.14. The molecule has 0 unspecified atom stereocenters. The summed E-state index contributed by atoms with van der Waals surface area (Å²) >= 11 is 0. The Morgan fingerprint density at radius 1 is 1.28 bits per heavy atom. The number of nitrogens with zero attached hydrogens (tertiary/aromatic N) is 2. The molecule has 7 heteroatoms. The van der Waals surface area contributed by atoms with Crippen LogP contribution in [0, 0.1) is 13.8 Å². The Morgan fingerprint density at radius 2 is 1.96 bits per heavy atom. The molecule has 1 aromatic heterocycles. The van der Waals surface area contributed by atoms with E-state index in [4.69, 9.17) is 0 Å². The summed E-state index contributed by atoms with van der Waals surface area (Å²) in [5.41, 5.74) is 2.97. The van der Waals surface area contributed by atoms with Gasteiger partial charge < -0.3 is 5.32 Å². The van der Waals surface area contributed by atoms with Gasteiger partial charge in [0.1, 0.15) is 0 Å². The van der Waals surface area contributed by atoms with Gasteiger partial charge in [0.25, 0.3) is 5.91 Å². The molecule has 1 atom stereocenters. The Morgan fingerprint density at radius 3 is 2.48 bits per heavy atom. The van der Waals surface area contributed by atoms with Gasteiger partial charge in [0.2, 0.25) is 0 Å². The van der Waals surface area contributed by atoms with Crippen LogP contribution in [0.5, 0.6) is 0 Å². The summed E-state index contributed by atoms with van der Waals surface area (Å²) in [7, 11) is -3.05. The molecule has 1 aliphatic heterocycles. The third-order valence-electron chi connectivity index (χ3n) is 4.57. The first-order chi connectivity index (χ1) is 11.7. The zero-order valence-electron chi connectivity index (χ0n) is 14.7. The maximum atomic E-state index is 12.4. The lowest BCUT2D eigenvalue weighted by atomic mass is 10.0. The van der Waals surface area contributed by atoms with Gasteiger partial charge in [-0.3, -0.25) is 9.48 Å². The number of aryl methyl sites for hydroxylation is 2. The molecule has 1 fully saturated rings. The first kappa shape index (κ1) is 17.7. The smallest absolute Gasteiger partial charge is 0.251 e. The van der Waals surface area contributed by atoms with Crippen molar-refractivity contribution in [2.24, 2.45) is 0 Å². The number of hydrogen-bond acceptors (Lipinski definition) is 4. The van der Waals surface area contributed by atoms with Crippen molar-refractivity contribution in [1.82, 2.24) is 15.1 Å². The number of carbonyl (C=O) groups is 1. The summed E-state index contributed by atoms with van der Waals surface area (Å²) in [6.07, 6.45) is 0.455. The van der Waals surface area contributed by atoms with Gasteiger partial charge in [-0.25, -0.2) is 8.42 Å². The molecule has 6 nitrogen and oxygen atoms in total. The highest BCUT2D eigenvalue weighted by molar-refractivity contribution is 7.91. The van der Waals surface area contributed by atoms with Crippen molar-refractivity contribution in [2.75, 3.05) is 11.5 Å². The lowest BCUT2D eigenvalue weighted by Crippen LogP contribution is -2.46. The van der Waals surface area contributed by atoms with Gasteiger partial charge in [0, 0.05) is 11.3 Å². The van der Waals surface area contributed by atoms with Crippen molar-refractivity contribution >= 4 is 15.7 Å². The number of nitrogens with one attached hydrogen (secondary N) is 1. The third-order valence-corrected chi connectivity index (χ3v) is 6.47. The van der Waals surface area contributed by atoms with Crippen LogP contribution in [0.25, 0.3) is 0 Å². The van der Waals surface area contributed by atoms with Crippen LogP contribution >= 0.6 is 0 Å². The second kappa shape index (κ2) is 6.29. The third kappa shape index (κ3) is 4.10. The van der Waals surface area contributed by atoms with Crippen molar-refractivity contribution < 1.29 is 13.2 Å². The van der Waals surface area contributed by atoms with Gasteiger partial charge in [-0.15, -0.1) is 0 Å². The number of carbonyl (C=O) groups excluding carboxylic acids is 1. The first-order valence-electron chi connectivity index (χ1n) is 8.29. The second-order valence-corrected chi connectivity index (χ2v) is 9.32. The monoisotopic (exact) mass is 361 g/mol. The van der Waals surface area contributed by atoms with E-state index < -0.39 is 15.4 Å². The molecule has 25 heavy (non-hydrogen) atoms. The van der Waals surface area contributed by atoms with Crippen LogP contribution in [0.3, 0.4) is 0 Å². The van der Waals surface area contributed by atoms with Crippen molar-refractivity contribution in [3.8, 4) is 0 Å². The van der Waals surface area contributed by atoms with Gasteiger partial charge in [0.05, 0.1) is 29.3 Å². The van der Waals surface area contributed by atoms with Crippen LogP contribution in [0.4, 0.5) is 0 Å². The zero-order chi connectivity index (χ0) is 18.2. The average Bonchev–Trinajstić information content (AvgIpc) is 2.97. The molecule has 3 rings (SSSR count). The van der Waals surface area contributed by atoms with Crippen LogP contribution in [-0.4, -0.2) is 41.2 Å². The molecule has 0 bridgehead atoms. The average molecular weight is 361 g/mol. The zero-order valence-corrected chi connectivity index (χ0v) is 15.6. The van der Waals surface area contributed by atoms with Crippen molar-refractivity contribution in [1.29, 1.82) is 0 Å². The summed E-state index contributed by atoms with van der Waals surface area (Å²) in [4.78, 5) is 12.4. The van der Waals surface area contributed by atoms with E-state index in [2.05, 4.69) is 10.4 Å². The summed E-state index contributed by atoms with van der Waals surface area (Å²) in [5.74, 6) is -0.107. The standard InChI is InChI=1S/C18H23N3O3S/c1-13-10-14(2)21(20-13)11-15-4-6-16(7-5-15)17(22)19-18(3)8-9-25(23,24)12-18/h4-7,10H,8-9,11-12H2,1-3H3,(H,19,22)/t18-/m0/s1. The van der Waals surface area contributed by atoms with Crippen molar-refractivity contribution in [2.45, 2.75) is 39.3 Å². The van der Waals surface area contributed by atoms with E-state index in [9.17, 15) is 13.2 Å². The topological polar surface area (TPSA) is 81.1 Å². The number of aromatic nitrogens is 2. The lowest BCUT2D eigenvalue weighted by Gasteiger charge is -2.23. The van der Waals surface area contributed by atoms with E-state index in [1.54, 1.807) is 19.1 Å². The van der Waals surface area contributed by atoms with Gasteiger partial charge in [-0.1, -0.05) is 12.1 Å². The number of sulfone groups is 1. The minimum atomic E-state index is -3.05. The van der Waals surface area contributed by atoms with Crippen molar-refractivity contribution in [3.63, 3.8) is 0 Å². The fraction of sp³-hybridized carbons (Fsp3) is 0.444. The highest BCUT2D eigenvalue weighted by Gasteiger charge is 2.39. The number of benzene rings is 1. The molecular formula is C18H23N3O3S. The molecule has 0 saturated carbocycles. The Bertz CT molecular complexity index is 900. The van der Waals surface area contributed by atoms with E-state index in [0.29, 0.717) is 18.5 Å². The van der Waals surface area contributed by atoms with E-state index in [1.807, 2.05) is 36.7 Å². The van der Waals surface area contributed by atoms with Gasteiger partial charge in [-0.2, -0.15) is 5.10 Å². The Balaban J connectivity index is 1.68. The van der Waals surface area contributed by atoms with Crippen LogP contribution in [0.1, 0.15) is 40.7 Å².